The molecule has 0 bridgehead atoms. The minimum atomic E-state index is -0.154. The lowest BCUT2D eigenvalue weighted by molar-refractivity contribution is -0.118. The van der Waals surface area contributed by atoms with Crippen LogP contribution in [0, 0.1) is 0 Å². The van der Waals surface area contributed by atoms with E-state index in [0.717, 1.165) is 23.0 Å². The zero-order valence-electron chi connectivity index (χ0n) is 15.5. The lowest BCUT2D eigenvalue weighted by atomic mass is 10.1. The van der Waals surface area contributed by atoms with Crippen LogP contribution >= 0.6 is 0 Å². The van der Waals surface area contributed by atoms with Gasteiger partial charge in [-0.2, -0.15) is 0 Å². The van der Waals surface area contributed by atoms with Gasteiger partial charge in [-0.05, 0) is 55.0 Å². The van der Waals surface area contributed by atoms with Gasteiger partial charge in [0.2, 0.25) is 5.91 Å². The summed E-state index contributed by atoms with van der Waals surface area (Å²) in [5, 5.41) is 0.928. The van der Waals surface area contributed by atoms with Crippen molar-refractivity contribution >= 4 is 22.5 Å². The summed E-state index contributed by atoms with van der Waals surface area (Å²) in [6, 6.07) is 15.6. The minimum absolute atomic E-state index is 0.0571. The molecule has 0 spiro atoms. The van der Waals surface area contributed by atoms with E-state index in [1.54, 1.807) is 13.2 Å². The summed E-state index contributed by atoms with van der Waals surface area (Å²) in [5.41, 5.74) is 3.40. The largest absolute Gasteiger partial charge is 0.497 e. The molecule has 1 aromatic heterocycles. The average molecular weight is 362 g/mol. The average Bonchev–Trinajstić information content (AvgIpc) is 3.01. The number of nitrogens with one attached hydrogen (secondary N) is 1. The van der Waals surface area contributed by atoms with Gasteiger partial charge in [0, 0.05) is 29.8 Å². The molecule has 138 valence electrons. The second-order valence-electron chi connectivity index (χ2n) is 7.02. The summed E-state index contributed by atoms with van der Waals surface area (Å²) in [5.74, 6) is 0.754. The third kappa shape index (κ3) is 3.21. The fourth-order valence-electron chi connectivity index (χ4n) is 3.85. The van der Waals surface area contributed by atoms with Crippen molar-refractivity contribution in [3.05, 3.63) is 70.0 Å². The highest BCUT2D eigenvalue weighted by Crippen LogP contribution is 2.32. The van der Waals surface area contributed by atoms with Gasteiger partial charge in [0.05, 0.1) is 12.6 Å². The third-order valence-corrected chi connectivity index (χ3v) is 5.21. The molecular formula is C22H22N2O3. The molecule has 27 heavy (non-hydrogen) atoms. The topological polar surface area (TPSA) is 62.4 Å². The summed E-state index contributed by atoms with van der Waals surface area (Å²) in [7, 11) is 1.59. The van der Waals surface area contributed by atoms with Gasteiger partial charge in [-0.1, -0.05) is 18.2 Å². The van der Waals surface area contributed by atoms with E-state index in [1.807, 2.05) is 41.3 Å². The second-order valence-corrected chi connectivity index (χ2v) is 7.02. The zero-order valence-corrected chi connectivity index (χ0v) is 15.5. The van der Waals surface area contributed by atoms with Crippen molar-refractivity contribution in [1.82, 2.24) is 4.98 Å². The highest BCUT2D eigenvalue weighted by Gasteiger charge is 2.30. The van der Waals surface area contributed by atoms with Gasteiger partial charge in [0.25, 0.3) is 5.56 Å². The molecule has 0 fully saturated rings. The smallest absolute Gasteiger partial charge is 0.251 e. The van der Waals surface area contributed by atoms with Crippen molar-refractivity contribution in [1.29, 1.82) is 0 Å². The number of rotatable bonds is 4. The number of fused-ring (bicyclic) bond motifs is 2. The van der Waals surface area contributed by atoms with E-state index in [-0.39, 0.29) is 17.5 Å². The first-order valence-corrected chi connectivity index (χ1v) is 9.17. The Labute approximate surface area is 157 Å². The number of aromatic amines is 1. The number of anilines is 1. The molecular weight excluding hydrogens is 340 g/mol. The molecule has 5 nitrogen and oxygen atoms in total. The predicted octanol–water partition coefficient (Wildman–Crippen LogP) is 3.45. The maximum absolute atomic E-state index is 12.8. The molecule has 0 saturated heterocycles. The van der Waals surface area contributed by atoms with E-state index < -0.39 is 0 Å². The number of pyridine rings is 1. The Morgan fingerprint density at radius 1 is 1.22 bits per heavy atom. The Hall–Kier alpha value is -3.08. The van der Waals surface area contributed by atoms with Crippen LogP contribution in [0.4, 0.5) is 5.69 Å². The number of aromatic nitrogens is 1. The van der Waals surface area contributed by atoms with E-state index in [0.29, 0.717) is 24.2 Å². The molecule has 0 radical (unpaired) electrons. The monoisotopic (exact) mass is 362 g/mol. The van der Waals surface area contributed by atoms with E-state index in [1.165, 1.54) is 5.56 Å². The number of hydrogen-bond acceptors (Lipinski definition) is 3. The fourth-order valence-corrected chi connectivity index (χ4v) is 3.85. The summed E-state index contributed by atoms with van der Waals surface area (Å²) >= 11 is 0. The van der Waals surface area contributed by atoms with Gasteiger partial charge in [-0.15, -0.1) is 0 Å². The molecule has 0 aliphatic carbocycles. The highest BCUT2D eigenvalue weighted by molar-refractivity contribution is 5.96. The van der Waals surface area contributed by atoms with E-state index in [9.17, 15) is 9.59 Å². The molecule has 1 amide bonds. The molecule has 1 N–H and O–H groups in total. The van der Waals surface area contributed by atoms with Gasteiger partial charge in [0.1, 0.15) is 5.75 Å². The van der Waals surface area contributed by atoms with Crippen molar-refractivity contribution < 1.29 is 9.53 Å². The predicted molar refractivity (Wildman–Crippen MR) is 107 cm³/mol. The molecule has 1 aliphatic heterocycles. The molecule has 3 aromatic rings. The molecule has 0 saturated carbocycles. The van der Waals surface area contributed by atoms with E-state index in [4.69, 9.17) is 4.74 Å². The van der Waals surface area contributed by atoms with Crippen LogP contribution < -0.4 is 15.2 Å². The second kappa shape index (κ2) is 6.91. The SMILES string of the molecule is COc1ccc2cc(CCC(=O)N3c4ccccc4CC3C)c(=O)[nH]c2c1. The van der Waals surface area contributed by atoms with Crippen LogP contribution in [0.1, 0.15) is 24.5 Å². The maximum atomic E-state index is 12.8. The van der Waals surface area contributed by atoms with Gasteiger partial charge in [-0.3, -0.25) is 9.59 Å². The molecule has 1 unspecified atom stereocenters. The quantitative estimate of drug-likeness (QED) is 0.773. The number of para-hydroxylation sites is 1. The Morgan fingerprint density at radius 2 is 2.04 bits per heavy atom. The summed E-state index contributed by atoms with van der Waals surface area (Å²) in [4.78, 5) is 30.0. The number of ether oxygens (including phenoxy) is 1. The Balaban J connectivity index is 1.54. The van der Waals surface area contributed by atoms with E-state index in [2.05, 4.69) is 18.0 Å². The van der Waals surface area contributed by atoms with Crippen LogP contribution in [0.15, 0.2) is 53.3 Å². The Morgan fingerprint density at radius 3 is 2.85 bits per heavy atom. The first kappa shape index (κ1) is 17.3. The number of nitrogens with zero attached hydrogens (tertiary/aromatic N) is 1. The van der Waals surface area contributed by atoms with Crippen molar-refractivity contribution in [2.45, 2.75) is 32.2 Å². The van der Waals surface area contributed by atoms with Crippen LogP contribution in [-0.2, 0) is 17.6 Å². The lowest BCUT2D eigenvalue weighted by Crippen LogP contribution is -2.36. The minimum Gasteiger partial charge on any atom is -0.497 e. The van der Waals surface area contributed by atoms with Crippen LogP contribution in [-0.4, -0.2) is 24.0 Å². The maximum Gasteiger partial charge on any atom is 0.251 e. The number of aryl methyl sites for hydroxylation is 1. The molecule has 1 atom stereocenters. The van der Waals surface area contributed by atoms with Crippen LogP contribution in [0.5, 0.6) is 5.75 Å². The van der Waals surface area contributed by atoms with Crippen molar-refractivity contribution in [3.8, 4) is 5.75 Å². The molecule has 2 heterocycles. The normalized spacial score (nSPS) is 15.8. The van der Waals surface area contributed by atoms with Crippen molar-refractivity contribution in [2.75, 3.05) is 12.0 Å². The standard InChI is InChI=1S/C22H22N2O3/c1-14-11-16-5-3-4-6-20(16)24(14)21(25)10-8-17-12-15-7-9-18(27-2)13-19(15)23-22(17)26/h3-7,9,12-14H,8,10-11H2,1-2H3,(H,23,26). The van der Waals surface area contributed by atoms with Crippen molar-refractivity contribution in [2.24, 2.45) is 0 Å². The molecule has 2 aromatic carbocycles. The van der Waals surface area contributed by atoms with Crippen LogP contribution in [0.2, 0.25) is 0 Å². The van der Waals surface area contributed by atoms with E-state index >= 15 is 0 Å². The Bertz CT molecular complexity index is 1070. The van der Waals surface area contributed by atoms with Gasteiger partial charge >= 0.3 is 0 Å². The summed E-state index contributed by atoms with van der Waals surface area (Å²) in [6.07, 6.45) is 1.60. The number of H-pyrrole nitrogens is 1. The first-order chi connectivity index (χ1) is 13.1. The zero-order chi connectivity index (χ0) is 19.0. The number of amides is 1. The summed E-state index contributed by atoms with van der Waals surface area (Å²) in [6.45, 7) is 2.06. The number of carbonyl (C=O) groups is 1. The van der Waals surface area contributed by atoms with Gasteiger partial charge < -0.3 is 14.6 Å². The third-order valence-electron chi connectivity index (χ3n) is 5.21. The highest BCUT2D eigenvalue weighted by atomic mass is 16.5. The lowest BCUT2D eigenvalue weighted by Gasteiger charge is -2.22. The number of hydrogen-bond donors (Lipinski definition) is 1. The van der Waals surface area contributed by atoms with Gasteiger partial charge in [-0.25, -0.2) is 0 Å². The Kier molecular flexibility index (Phi) is 4.44. The number of carbonyl (C=O) groups excluding carboxylic acids is 1. The molecule has 5 heteroatoms. The fraction of sp³-hybridized carbons (Fsp3) is 0.273. The number of benzene rings is 2. The van der Waals surface area contributed by atoms with Crippen LogP contribution in [0.3, 0.4) is 0 Å². The molecule has 1 aliphatic rings. The first-order valence-electron chi connectivity index (χ1n) is 9.17. The summed E-state index contributed by atoms with van der Waals surface area (Å²) < 4.78 is 5.19. The van der Waals surface area contributed by atoms with Gasteiger partial charge in [0.15, 0.2) is 0 Å². The molecule has 4 rings (SSSR count). The number of methoxy groups -OCH3 is 1. The van der Waals surface area contributed by atoms with Crippen LogP contribution in [0.25, 0.3) is 10.9 Å². The van der Waals surface area contributed by atoms with Crippen molar-refractivity contribution in [3.63, 3.8) is 0 Å².